The third-order valence-corrected chi connectivity index (χ3v) is 9.83. The zero-order valence-corrected chi connectivity index (χ0v) is 26.8. The first kappa shape index (κ1) is 31.5. The van der Waals surface area contributed by atoms with Crippen LogP contribution in [0.2, 0.25) is 0 Å². The van der Waals surface area contributed by atoms with Gasteiger partial charge >= 0.3 is 0 Å². The van der Waals surface area contributed by atoms with E-state index in [1.807, 2.05) is 29.6 Å². The second kappa shape index (κ2) is 12.2. The maximum absolute atomic E-state index is 13.3. The van der Waals surface area contributed by atoms with Crippen molar-refractivity contribution in [2.24, 2.45) is 5.92 Å². The summed E-state index contributed by atoms with van der Waals surface area (Å²) in [6.45, 7) is 2.03. The molecule has 3 aromatic rings. The highest BCUT2D eigenvalue weighted by Gasteiger charge is 2.31. The Bertz CT molecular complexity index is 1730. The van der Waals surface area contributed by atoms with Crippen molar-refractivity contribution in [1.29, 1.82) is 0 Å². The number of aryl methyl sites for hydroxylation is 1. The summed E-state index contributed by atoms with van der Waals surface area (Å²) in [6, 6.07) is 6.91. The minimum atomic E-state index is -3.13. The first-order valence-corrected chi connectivity index (χ1v) is 16.8. The number of carbonyl (C=O) groups excluding carboxylic acids is 3. The lowest BCUT2D eigenvalue weighted by Gasteiger charge is -2.26. The molecule has 1 saturated heterocycles. The standard InChI is InChI=1S/C26H32B3N7O6S2/c1-13-21(25(39)36-8-10-44(40,41)11-9-36)43-24(30-13)15-4-3-5-16(20(15)42-2)31-17-12-18(32-22(37)14-6-7-14)34-35-19(17)23(38)33-26(27,28)29/h3-5,12,14H,6-11,27-29H2,1-2H3,(H,33,38)(H2,31,32,34,37). The molecule has 0 spiro atoms. The third-order valence-electron chi connectivity index (χ3n) is 7.04. The number of hydrogen-bond donors (Lipinski definition) is 3. The number of para-hydroxylation sites is 1. The fourth-order valence-corrected chi connectivity index (χ4v) is 6.89. The smallest absolute Gasteiger partial charge is 0.272 e. The molecule has 1 aromatic carbocycles. The van der Waals surface area contributed by atoms with Gasteiger partial charge in [0.25, 0.3) is 11.8 Å². The average molecular weight is 635 g/mol. The van der Waals surface area contributed by atoms with Crippen molar-refractivity contribution in [2.45, 2.75) is 25.0 Å². The van der Waals surface area contributed by atoms with Gasteiger partial charge in [0.05, 0.1) is 41.2 Å². The minimum Gasteiger partial charge on any atom is -0.494 e. The van der Waals surface area contributed by atoms with Gasteiger partial charge in [-0.15, -0.1) is 21.5 Å². The number of thiazole rings is 1. The maximum atomic E-state index is 13.3. The SMILES string of the molecule is BC(B)(B)NC(=O)c1nnc(NC(=O)C2CC2)cc1Nc1cccc(-c2nc(C)c(C(=O)N3CCS(=O)(=O)CC3)s2)c1OC. The van der Waals surface area contributed by atoms with E-state index in [0.717, 1.165) is 12.8 Å². The Morgan fingerprint density at radius 1 is 1.09 bits per heavy atom. The van der Waals surface area contributed by atoms with Gasteiger partial charge in [0.2, 0.25) is 5.91 Å². The summed E-state index contributed by atoms with van der Waals surface area (Å²) in [5, 5.41) is 17.1. The number of methoxy groups -OCH3 is 1. The fraction of sp³-hybridized carbons (Fsp3) is 0.385. The van der Waals surface area contributed by atoms with Crippen molar-refractivity contribution in [3.05, 3.63) is 40.5 Å². The molecule has 228 valence electrons. The van der Waals surface area contributed by atoms with E-state index in [1.54, 1.807) is 30.0 Å². The largest absolute Gasteiger partial charge is 0.494 e. The molecule has 1 aliphatic heterocycles. The van der Waals surface area contributed by atoms with Crippen LogP contribution in [0.5, 0.6) is 5.75 Å². The monoisotopic (exact) mass is 635 g/mol. The molecule has 0 radical (unpaired) electrons. The Morgan fingerprint density at radius 3 is 2.43 bits per heavy atom. The Hall–Kier alpha value is -3.92. The molecule has 13 nitrogen and oxygen atoms in total. The molecular formula is C26H32B3N7O6S2. The quantitative estimate of drug-likeness (QED) is 0.251. The lowest BCUT2D eigenvalue weighted by molar-refractivity contribution is -0.117. The van der Waals surface area contributed by atoms with Crippen LogP contribution in [0, 0.1) is 12.8 Å². The number of aromatic nitrogens is 3. The summed E-state index contributed by atoms with van der Waals surface area (Å²) >= 11 is 1.20. The number of nitrogens with one attached hydrogen (secondary N) is 3. The zero-order valence-electron chi connectivity index (χ0n) is 25.2. The normalized spacial score (nSPS) is 16.2. The zero-order chi connectivity index (χ0) is 31.8. The van der Waals surface area contributed by atoms with E-state index in [1.165, 1.54) is 18.4 Å². The van der Waals surface area contributed by atoms with Gasteiger partial charge in [-0.25, -0.2) is 13.4 Å². The number of anilines is 3. The number of sulfone groups is 1. The second-order valence-electron chi connectivity index (χ2n) is 11.8. The molecule has 2 aliphatic rings. The first-order valence-electron chi connectivity index (χ1n) is 14.2. The first-order chi connectivity index (χ1) is 20.7. The van der Waals surface area contributed by atoms with Crippen LogP contribution >= 0.6 is 11.3 Å². The van der Waals surface area contributed by atoms with Gasteiger partial charge in [0.15, 0.2) is 27.1 Å². The number of amides is 3. The number of carbonyl (C=O) groups is 3. The molecule has 3 heterocycles. The average Bonchev–Trinajstić information content (AvgIpc) is 3.73. The third kappa shape index (κ3) is 7.24. The van der Waals surface area contributed by atoms with E-state index >= 15 is 0 Å². The molecule has 2 fully saturated rings. The summed E-state index contributed by atoms with van der Waals surface area (Å²) in [7, 11) is 3.93. The molecule has 0 unspecified atom stereocenters. The van der Waals surface area contributed by atoms with Crippen molar-refractivity contribution >= 4 is 79.6 Å². The molecule has 0 bridgehead atoms. The van der Waals surface area contributed by atoms with Gasteiger partial charge in [-0.1, -0.05) is 6.07 Å². The van der Waals surface area contributed by atoms with Crippen LogP contribution in [0.25, 0.3) is 10.6 Å². The second-order valence-corrected chi connectivity index (χ2v) is 15.2. The lowest BCUT2D eigenvalue weighted by Crippen LogP contribution is -2.50. The van der Waals surface area contributed by atoms with E-state index in [0.29, 0.717) is 38.3 Å². The predicted molar refractivity (Wildman–Crippen MR) is 176 cm³/mol. The topological polar surface area (TPSA) is 173 Å². The van der Waals surface area contributed by atoms with E-state index < -0.39 is 21.0 Å². The van der Waals surface area contributed by atoms with Crippen molar-refractivity contribution in [1.82, 2.24) is 25.4 Å². The Balaban J connectivity index is 1.47. The van der Waals surface area contributed by atoms with Gasteiger partial charge in [-0.05, 0) is 37.1 Å². The molecular weight excluding hydrogens is 603 g/mol. The number of benzene rings is 1. The van der Waals surface area contributed by atoms with Gasteiger partial charge in [0.1, 0.15) is 33.4 Å². The summed E-state index contributed by atoms with van der Waals surface area (Å²) in [6.07, 6.45) is 1.65. The number of ether oxygens (including phenoxy) is 1. The predicted octanol–water partition coefficient (Wildman–Crippen LogP) is -0.880. The maximum Gasteiger partial charge on any atom is 0.272 e. The van der Waals surface area contributed by atoms with Gasteiger partial charge in [-0.2, -0.15) is 0 Å². The van der Waals surface area contributed by atoms with Crippen LogP contribution < -0.4 is 20.7 Å². The van der Waals surface area contributed by atoms with Gasteiger partial charge in [-0.3, -0.25) is 14.4 Å². The van der Waals surface area contributed by atoms with Crippen LogP contribution in [0.4, 0.5) is 17.2 Å². The molecule has 1 aliphatic carbocycles. The summed E-state index contributed by atoms with van der Waals surface area (Å²) in [5.74, 6) is -0.405. The minimum absolute atomic E-state index is 0.0262. The van der Waals surface area contributed by atoms with Crippen molar-refractivity contribution in [2.75, 3.05) is 42.3 Å². The summed E-state index contributed by atoms with van der Waals surface area (Å²) < 4.78 is 29.5. The Kier molecular flexibility index (Phi) is 8.76. The highest BCUT2D eigenvalue weighted by molar-refractivity contribution is 7.91. The number of rotatable bonds is 9. The molecule has 2 aromatic heterocycles. The van der Waals surface area contributed by atoms with E-state index in [4.69, 9.17) is 4.74 Å². The summed E-state index contributed by atoms with van der Waals surface area (Å²) in [4.78, 5) is 45.5. The van der Waals surface area contributed by atoms with E-state index in [-0.39, 0.29) is 53.8 Å². The number of hydrogen-bond acceptors (Lipinski definition) is 11. The van der Waals surface area contributed by atoms with Crippen LogP contribution in [-0.2, 0) is 14.6 Å². The highest BCUT2D eigenvalue weighted by Crippen LogP contribution is 2.41. The van der Waals surface area contributed by atoms with Gasteiger partial charge < -0.3 is 25.6 Å². The Labute approximate surface area is 262 Å². The number of nitrogens with zero attached hydrogens (tertiary/aromatic N) is 4. The van der Waals surface area contributed by atoms with Crippen LogP contribution in [0.15, 0.2) is 24.3 Å². The van der Waals surface area contributed by atoms with E-state index in [2.05, 4.69) is 31.1 Å². The van der Waals surface area contributed by atoms with Crippen molar-refractivity contribution in [3.63, 3.8) is 0 Å². The van der Waals surface area contributed by atoms with Crippen molar-refractivity contribution < 1.29 is 27.5 Å². The molecule has 44 heavy (non-hydrogen) atoms. The molecule has 1 saturated carbocycles. The van der Waals surface area contributed by atoms with E-state index in [9.17, 15) is 22.8 Å². The summed E-state index contributed by atoms with van der Waals surface area (Å²) in [5.41, 5.74) is 1.95. The lowest BCUT2D eigenvalue weighted by atomic mass is 9.49. The molecule has 3 amide bonds. The molecule has 0 atom stereocenters. The van der Waals surface area contributed by atoms with Crippen molar-refractivity contribution in [3.8, 4) is 16.3 Å². The fourth-order valence-electron chi connectivity index (χ4n) is 4.63. The molecule has 18 heteroatoms. The van der Waals surface area contributed by atoms with Crippen LogP contribution in [0.3, 0.4) is 0 Å². The highest BCUT2D eigenvalue weighted by atomic mass is 32.2. The molecule has 3 N–H and O–H groups in total. The van der Waals surface area contributed by atoms with Crippen LogP contribution in [0.1, 0.15) is 38.7 Å². The van der Waals surface area contributed by atoms with Crippen LogP contribution in [-0.4, -0.2) is 107 Å². The molecule has 5 rings (SSSR count). The van der Waals surface area contributed by atoms with Gasteiger partial charge in [0, 0.05) is 25.1 Å². The Morgan fingerprint density at radius 2 is 1.80 bits per heavy atom.